The first-order valence-corrected chi connectivity index (χ1v) is 2.96. The molecule has 2 rings (SSSR count). The predicted molar refractivity (Wildman–Crippen MR) is 37.0 cm³/mol. The maximum Gasteiger partial charge on any atom is 0.0943 e. The van der Waals surface area contributed by atoms with E-state index in [1.165, 1.54) is 6.42 Å². The molecule has 2 nitrogen and oxygen atoms in total. The van der Waals surface area contributed by atoms with Gasteiger partial charge < -0.3 is 4.57 Å². The maximum absolute atomic E-state index is 3.78. The van der Waals surface area contributed by atoms with Gasteiger partial charge >= 0.3 is 0 Å². The van der Waals surface area contributed by atoms with Crippen LogP contribution < -0.4 is 0 Å². The lowest BCUT2D eigenvalue weighted by molar-refractivity contribution is 0.913. The van der Waals surface area contributed by atoms with Gasteiger partial charge in [-0.15, -0.1) is 0 Å². The number of allylic oxidation sites excluding steroid dienone is 2. The molecule has 0 bridgehead atoms. The van der Waals surface area contributed by atoms with Crippen molar-refractivity contribution in [2.75, 3.05) is 0 Å². The number of aromatic nitrogens is 2. The standard InChI is InChI=1S/C4H6N2.C3H4/c1-6-3-2-5-4-6;1-2-3-1/h2-4H,1H3;1-2H,3H2. The summed E-state index contributed by atoms with van der Waals surface area (Å²) in [5.74, 6) is 0. The summed E-state index contributed by atoms with van der Waals surface area (Å²) in [6, 6.07) is 0. The van der Waals surface area contributed by atoms with Crippen molar-refractivity contribution in [1.82, 2.24) is 9.55 Å². The van der Waals surface area contributed by atoms with Gasteiger partial charge in [0.05, 0.1) is 6.33 Å². The molecule has 1 aliphatic rings. The zero-order valence-corrected chi connectivity index (χ0v) is 5.49. The van der Waals surface area contributed by atoms with E-state index in [0.29, 0.717) is 0 Å². The lowest BCUT2D eigenvalue weighted by atomic mass is 10.9. The molecule has 0 saturated heterocycles. The van der Waals surface area contributed by atoms with Crippen LogP contribution in [0.2, 0.25) is 0 Å². The van der Waals surface area contributed by atoms with Gasteiger partial charge in [-0.05, 0) is 6.42 Å². The first kappa shape index (κ1) is 6.08. The highest BCUT2D eigenvalue weighted by molar-refractivity contribution is 5.02. The molecule has 0 aliphatic heterocycles. The Bertz CT molecular complexity index is 171. The summed E-state index contributed by atoms with van der Waals surface area (Å²) in [6.07, 6.45) is 10.9. The minimum atomic E-state index is 1.25. The summed E-state index contributed by atoms with van der Waals surface area (Å²) < 4.78 is 1.89. The van der Waals surface area contributed by atoms with Gasteiger partial charge in [0.25, 0.3) is 0 Å². The second-order valence-electron chi connectivity index (χ2n) is 1.94. The Morgan fingerprint density at radius 3 is 2.22 bits per heavy atom. The smallest absolute Gasteiger partial charge is 0.0943 e. The lowest BCUT2D eigenvalue weighted by Gasteiger charge is -1.76. The van der Waals surface area contributed by atoms with Crippen LogP contribution >= 0.6 is 0 Å². The molecule has 0 amide bonds. The third-order valence-corrected chi connectivity index (χ3v) is 0.872. The van der Waals surface area contributed by atoms with Gasteiger partial charge in [-0.25, -0.2) is 4.98 Å². The van der Waals surface area contributed by atoms with Crippen LogP contribution in [0.5, 0.6) is 0 Å². The van der Waals surface area contributed by atoms with E-state index in [-0.39, 0.29) is 0 Å². The van der Waals surface area contributed by atoms with Crippen molar-refractivity contribution in [3.8, 4) is 0 Å². The van der Waals surface area contributed by atoms with E-state index < -0.39 is 0 Å². The summed E-state index contributed by atoms with van der Waals surface area (Å²) in [7, 11) is 1.94. The number of imidazole rings is 1. The zero-order chi connectivity index (χ0) is 6.53. The fourth-order valence-electron chi connectivity index (χ4n) is 0.326. The van der Waals surface area contributed by atoms with Crippen molar-refractivity contribution in [2.45, 2.75) is 6.42 Å². The van der Waals surface area contributed by atoms with Crippen LogP contribution in [0.1, 0.15) is 6.42 Å². The van der Waals surface area contributed by atoms with E-state index in [1.54, 1.807) is 12.5 Å². The van der Waals surface area contributed by atoms with Gasteiger partial charge in [0, 0.05) is 19.4 Å². The van der Waals surface area contributed by atoms with Crippen LogP contribution in [-0.2, 0) is 7.05 Å². The Morgan fingerprint density at radius 1 is 1.44 bits per heavy atom. The van der Waals surface area contributed by atoms with Crippen molar-refractivity contribution in [3.05, 3.63) is 30.9 Å². The van der Waals surface area contributed by atoms with Gasteiger partial charge in [0.1, 0.15) is 0 Å². The monoisotopic (exact) mass is 122 g/mol. The molecule has 9 heavy (non-hydrogen) atoms. The SMILES string of the molecule is C1=CC1.Cn1ccnc1. The molecule has 0 spiro atoms. The Balaban J connectivity index is 0.000000112. The van der Waals surface area contributed by atoms with Gasteiger partial charge in [0.15, 0.2) is 0 Å². The average molecular weight is 122 g/mol. The molecule has 0 N–H and O–H groups in total. The highest BCUT2D eigenvalue weighted by atomic mass is 15.0. The molecular formula is C7H10N2. The second kappa shape index (κ2) is 3.07. The Hall–Kier alpha value is -1.05. The molecule has 0 atom stereocenters. The molecule has 2 heteroatoms. The van der Waals surface area contributed by atoms with Crippen LogP contribution in [-0.4, -0.2) is 9.55 Å². The van der Waals surface area contributed by atoms with Crippen LogP contribution in [0, 0.1) is 0 Å². The van der Waals surface area contributed by atoms with Crippen molar-refractivity contribution >= 4 is 0 Å². The second-order valence-corrected chi connectivity index (χ2v) is 1.94. The fraction of sp³-hybridized carbons (Fsp3) is 0.286. The molecule has 1 aliphatic carbocycles. The lowest BCUT2D eigenvalue weighted by Crippen LogP contribution is -1.76. The Morgan fingerprint density at radius 2 is 2.11 bits per heavy atom. The van der Waals surface area contributed by atoms with E-state index in [0.717, 1.165) is 0 Å². The third kappa shape index (κ3) is 3.53. The van der Waals surface area contributed by atoms with Crippen molar-refractivity contribution in [2.24, 2.45) is 7.05 Å². The Kier molecular flexibility index (Phi) is 2.07. The molecule has 0 radical (unpaired) electrons. The number of nitrogens with zero attached hydrogens (tertiary/aromatic N) is 2. The summed E-state index contributed by atoms with van der Waals surface area (Å²) in [5.41, 5.74) is 0. The van der Waals surface area contributed by atoms with Crippen molar-refractivity contribution in [3.63, 3.8) is 0 Å². The normalized spacial score (nSPS) is 12.1. The van der Waals surface area contributed by atoms with E-state index in [2.05, 4.69) is 17.1 Å². The predicted octanol–water partition coefficient (Wildman–Crippen LogP) is 1.37. The van der Waals surface area contributed by atoms with E-state index >= 15 is 0 Å². The molecular weight excluding hydrogens is 112 g/mol. The number of hydrogen-bond acceptors (Lipinski definition) is 1. The quantitative estimate of drug-likeness (QED) is 0.475. The van der Waals surface area contributed by atoms with E-state index in [1.807, 2.05) is 17.8 Å². The summed E-state index contributed by atoms with van der Waals surface area (Å²) in [6.45, 7) is 0. The largest absolute Gasteiger partial charge is 0.341 e. The van der Waals surface area contributed by atoms with E-state index in [9.17, 15) is 0 Å². The number of hydrogen-bond donors (Lipinski definition) is 0. The highest BCUT2D eigenvalue weighted by Gasteiger charge is 1.75. The van der Waals surface area contributed by atoms with Gasteiger partial charge in [-0.2, -0.15) is 0 Å². The zero-order valence-electron chi connectivity index (χ0n) is 5.49. The molecule has 1 aromatic heterocycles. The Labute approximate surface area is 54.8 Å². The summed E-state index contributed by atoms with van der Waals surface area (Å²) in [4.78, 5) is 3.78. The van der Waals surface area contributed by atoms with Crippen LogP contribution in [0.25, 0.3) is 0 Å². The number of rotatable bonds is 0. The molecule has 0 saturated carbocycles. The highest BCUT2D eigenvalue weighted by Crippen LogP contribution is 1.96. The third-order valence-electron chi connectivity index (χ3n) is 0.872. The number of aryl methyl sites for hydroxylation is 1. The fourth-order valence-corrected chi connectivity index (χ4v) is 0.326. The van der Waals surface area contributed by atoms with E-state index in [4.69, 9.17) is 0 Å². The van der Waals surface area contributed by atoms with Gasteiger partial charge in [-0.1, -0.05) is 12.2 Å². The van der Waals surface area contributed by atoms with Gasteiger partial charge in [0.2, 0.25) is 0 Å². The molecule has 1 aromatic rings. The topological polar surface area (TPSA) is 17.8 Å². The first-order chi connectivity index (χ1) is 4.39. The van der Waals surface area contributed by atoms with Crippen molar-refractivity contribution < 1.29 is 0 Å². The summed E-state index contributed by atoms with van der Waals surface area (Å²) >= 11 is 0. The minimum absolute atomic E-state index is 1.25. The van der Waals surface area contributed by atoms with Gasteiger partial charge in [-0.3, -0.25) is 0 Å². The molecule has 0 unspecified atom stereocenters. The first-order valence-electron chi connectivity index (χ1n) is 2.96. The minimum Gasteiger partial charge on any atom is -0.341 e. The molecule has 1 heterocycles. The maximum atomic E-state index is 3.78. The van der Waals surface area contributed by atoms with Crippen LogP contribution in [0.3, 0.4) is 0 Å². The average Bonchev–Trinajstić information content (AvgIpc) is 2.64. The van der Waals surface area contributed by atoms with Crippen LogP contribution in [0.15, 0.2) is 30.9 Å². The summed E-state index contributed by atoms with van der Waals surface area (Å²) in [5, 5.41) is 0. The van der Waals surface area contributed by atoms with Crippen molar-refractivity contribution in [1.29, 1.82) is 0 Å². The molecule has 0 fully saturated rings. The van der Waals surface area contributed by atoms with Crippen LogP contribution in [0.4, 0.5) is 0 Å². The molecule has 48 valence electrons. The molecule has 0 aromatic carbocycles.